The monoisotopic (exact) mass is 597 g/mol. The van der Waals surface area contributed by atoms with Gasteiger partial charge in [0.25, 0.3) is 17.7 Å². The molecule has 0 atom stereocenters. The Balaban J connectivity index is 1.58. The lowest BCUT2D eigenvalue weighted by Gasteiger charge is -2.27. The molecule has 1 fully saturated rings. The smallest absolute Gasteiger partial charge is 0.335 e. The minimum Gasteiger partial charge on any atom is -0.493 e. The van der Waals surface area contributed by atoms with E-state index in [1.165, 1.54) is 43.5 Å². The van der Waals surface area contributed by atoms with Gasteiger partial charge in [-0.2, -0.15) is 0 Å². The summed E-state index contributed by atoms with van der Waals surface area (Å²) in [7, 11) is 1.43. The van der Waals surface area contributed by atoms with Crippen molar-refractivity contribution in [2.45, 2.75) is 13.3 Å². The van der Waals surface area contributed by atoms with Crippen LogP contribution < -0.4 is 29.7 Å². The lowest BCUT2D eigenvalue weighted by molar-refractivity contribution is -0.122. The van der Waals surface area contributed by atoms with Gasteiger partial charge in [0.1, 0.15) is 11.3 Å². The zero-order valence-electron chi connectivity index (χ0n) is 22.0. The van der Waals surface area contributed by atoms with Crippen molar-refractivity contribution >= 4 is 64.4 Å². The number of hydrogen-bond donors (Lipinski definition) is 2. The Labute approximate surface area is 245 Å². The Kier molecular flexibility index (Phi) is 9.49. The van der Waals surface area contributed by atoms with Crippen molar-refractivity contribution in [3.05, 3.63) is 81.8 Å². The first-order chi connectivity index (χ1) is 19.7. The third kappa shape index (κ3) is 7.16. The molecule has 5 amide bonds. The SMILES string of the molecule is CCCOc1ccc(N2C(=O)NC(=O)/C(=C\c3cc(Cl)ccc3OCC(=O)Nc3ccc(Cl)cc3)C2=O)cc1OC. The maximum Gasteiger partial charge on any atom is 0.335 e. The molecule has 0 aliphatic carbocycles. The molecule has 1 aliphatic heterocycles. The molecule has 3 aromatic rings. The van der Waals surface area contributed by atoms with Gasteiger partial charge in [-0.05, 0) is 67.1 Å². The lowest BCUT2D eigenvalue weighted by atomic mass is 10.1. The summed E-state index contributed by atoms with van der Waals surface area (Å²) in [6, 6.07) is 14.6. The van der Waals surface area contributed by atoms with Crippen LogP contribution in [-0.2, 0) is 14.4 Å². The predicted molar refractivity (Wildman–Crippen MR) is 155 cm³/mol. The molecule has 1 aliphatic rings. The molecule has 2 N–H and O–H groups in total. The normalized spacial score (nSPS) is 14.1. The standard InChI is InChI=1S/C29H25Cl2N3O7/c1-3-12-40-24-11-9-21(15-25(24)39-2)34-28(37)22(27(36)33-29(34)38)14-17-13-19(31)6-10-23(17)41-16-26(35)32-20-7-4-18(30)5-8-20/h4-11,13-15H,3,12,16H2,1-2H3,(H,32,35)(H,33,36,38)/b22-14+. The van der Waals surface area contributed by atoms with Crippen LogP contribution in [0.4, 0.5) is 16.2 Å². The molecule has 0 aromatic heterocycles. The maximum absolute atomic E-state index is 13.5. The molecule has 0 unspecified atom stereocenters. The van der Waals surface area contributed by atoms with E-state index in [1.54, 1.807) is 30.3 Å². The first kappa shape index (κ1) is 29.4. The van der Waals surface area contributed by atoms with Crippen molar-refractivity contribution in [2.75, 3.05) is 30.5 Å². The predicted octanol–water partition coefficient (Wildman–Crippen LogP) is 5.47. The Morgan fingerprint density at radius 2 is 1.63 bits per heavy atom. The maximum atomic E-state index is 13.5. The fourth-order valence-electron chi connectivity index (χ4n) is 3.81. The zero-order chi connectivity index (χ0) is 29.5. The van der Waals surface area contributed by atoms with Crippen LogP contribution in [0, 0.1) is 0 Å². The Hall–Kier alpha value is -4.54. The van der Waals surface area contributed by atoms with Crippen LogP contribution in [0.25, 0.3) is 6.08 Å². The number of benzene rings is 3. The minimum absolute atomic E-state index is 0.160. The summed E-state index contributed by atoms with van der Waals surface area (Å²) in [5, 5.41) is 5.66. The number of ether oxygens (including phenoxy) is 3. The third-order valence-electron chi connectivity index (χ3n) is 5.73. The van der Waals surface area contributed by atoms with Gasteiger partial charge in [-0.15, -0.1) is 0 Å². The molecule has 0 saturated carbocycles. The first-order valence-electron chi connectivity index (χ1n) is 12.4. The molecule has 10 nitrogen and oxygen atoms in total. The van der Waals surface area contributed by atoms with E-state index in [1.807, 2.05) is 6.92 Å². The summed E-state index contributed by atoms with van der Waals surface area (Å²) in [4.78, 5) is 52.1. The quantitative estimate of drug-likeness (QED) is 0.234. The average Bonchev–Trinajstić information content (AvgIpc) is 2.95. The average molecular weight is 598 g/mol. The molecule has 0 bridgehead atoms. The number of barbiturate groups is 1. The largest absolute Gasteiger partial charge is 0.493 e. The van der Waals surface area contributed by atoms with Crippen LogP contribution >= 0.6 is 23.2 Å². The van der Waals surface area contributed by atoms with Crippen LogP contribution in [0.5, 0.6) is 17.2 Å². The highest BCUT2D eigenvalue weighted by molar-refractivity contribution is 6.39. The summed E-state index contributed by atoms with van der Waals surface area (Å²) in [6.07, 6.45) is 2.02. The second-order valence-corrected chi connectivity index (χ2v) is 9.54. The lowest BCUT2D eigenvalue weighted by Crippen LogP contribution is -2.54. The van der Waals surface area contributed by atoms with Gasteiger partial charge in [0.05, 0.1) is 19.4 Å². The number of halogens is 2. The molecular formula is C29H25Cl2N3O7. The number of urea groups is 1. The van der Waals surface area contributed by atoms with Gasteiger partial charge in [-0.1, -0.05) is 30.1 Å². The Morgan fingerprint density at radius 3 is 2.34 bits per heavy atom. The minimum atomic E-state index is -0.928. The van der Waals surface area contributed by atoms with Crippen molar-refractivity contribution in [1.29, 1.82) is 0 Å². The number of carbonyl (C=O) groups excluding carboxylic acids is 4. The van der Waals surface area contributed by atoms with Crippen LogP contribution in [0.3, 0.4) is 0 Å². The van der Waals surface area contributed by atoms with Gasteiger partial charge in [-0.25, -0.2) is 9.69 Å². The number of anilines is 2. The summed E-state index contributed by atoms with van der Waals surface area (Å²) in [6.45, 7) is 2.03. The van der Waals surface area contributed by atoms with Crippen molar-refractivity contribution in [1.82, 2.24) is 5.32 Å². The van der Waals surface area contributed by atoms with Gasteiger partial charge in [0.15, 0.2) is 18.1 Å². The number of nitrogens with zero attached hydrogens (tertiary/aromatic N) is 1. The van der Waals surface area contributed by atoms with E-state index in [0.717, 1.165) is 11.3 Å². The molecule has 0 spiro atoms. The van der Waals surface area contributed by atoms with E-state index in [-0.39, 0.29) is 29.2 Å². The van der Waals surface area contributed by atoms with Gasteiger partial charge in [0, 0.05) is 27.4 Å². The van der Waals surface area contributed by atoms with Crippen molar-refractivity contribution in [3.8, 4) is 17.2 Å². The molecule has 3 aromatic carbocycles. The van der Waals surface area contributed by atoms with E-state index in [4.69, 9.17) is 37.4 Å². The zero-order valence-corrected chi connectivity index (χ0v) is 23.5. The molecule has 1 heterocycles. The highest BCUT2D eigenvalue weighted by atomic mass is 35.5. The fourth-order valence-corrected chi connectivity index (χ4v) is 4.12. The van der Waals surface area contributed by atoms with E-state index in [9.17, 15) is 19.2 Å². The number of carbonyl (C=O) groups is 4. The van der Waals surface area contributed by atoms with Crippen molar-refractivity contribution in [2.24, 2.45) is 0 Å². The number of imide groups is 2. The summed E-state index contributed by atoms with van der Waals surface area (Å²) >= 11 is 12.0. The van der Waals surface area contributed by atoms with E-state index in [2.05, 4.69) is 10.6 Å². The number of nitrogens with one attached hydrogen (secondary N) is 2. The molecule has 0 radical (unpaired) electrons. The van der Waals surface area contributed by atoms with Crippen LogP contribution in [0.15, 0.2) is 66.2 Å². The van der Waals surface area contributed by atoms with Crippen molar-refractivity contribution < 1.29 is 33.4 Å². The van der Waals surface area contributed by atoms with Gasteiger partial charge < -0.3 is 19.5 Å². The number of rotatable bonds is 10. The number of amides is 5. The van der Waals surface area contributed by atoms with Crippen LogP contribution in [0.1, 0.15) is 18.9 Å². The third-order valence-corrected chi connectivity index (χ3v) is 6.21. The van der Waals surface area contributed by atoms with Gasteiger partial charge in [-0.3, -0.25) is 19.7 Å². The highest BCUT2D eigenvalue weighted by Gasteiger charge is 2.37. The Bertz CT molecular complexity index is 1520. The summed E-state index contributed by atoms with van der Waals surface area (Å²) in [5.41, 5.74) is 0.573. The van der Waals surface area contributed by atoms with Crippen molar-refractivity contribution in [3.63, 3.8) is 0 Å². The second-order valence-electron chi connectivity index (χ2n) is 8.67. The van der Waals surface area contributed by atoms with Crippen LogP contribution in [-0.4, -0.2) is 44.1 Å². The molecule has 212 valence electrons. The van der Waals surface area contributed by atoms with Crippen LogP contribution in [0.2, 0.25) is 10.0 Å². The number of methoxy groups -OCH3 is 1. The Morgan fingerprint density at radius 1 is 0.927 bits per heavy atom. The van der Waals surface area contributed by atoms with E-state index in [0.29, 0.717) is 33.8 Å². The molecule has 4 rings (SSSR count). The summed E-state index contributed by atoms with van der Waals surface area (Å²) < 4.78 is 16.7. The fraction of sp³-hybridized carbons (Fsp3) is 0.172. The number of hydrogen-bond acceptors (Lipinski definition) is 7. The van der Waals surface area contributed by atoms with Gasteiger partial charge >= 0.3 is 6.03 Å². The molecular weight excluding hydrogens is 573 g/mol. The van der Waals surface area contributed by atoms with E-state index >= 15 is 0 Å². The van der Waals surface area contributed by atoms with Gasteiger partial charge in [0.2, 0.25) is 0 Å². The summed E-state index contributed by atoms with van der Waals surface area (Å²) in [5.74, 6) is -1.32. The molecule has 1 saturated heterocycles. The molecule has 12 heteroatoms. The molecule has 41 heavy (non-hydrogen) atoms. The second kappa shape index (κ2) is 13.2. The topological polar surface area (TPSA) is 123 Å². The van der Waals surface area contributed by atoms with E-state index < -0.39 is 23.8 Å². The highest BCUT2D eigenvalue weighted by Crippen LogP contribution is 2.34. The first-order valence-corrected chi connectivity index (χ1v) is 13.2.